The van der Waals surface area contributed by atoms with Crippen LogP contribution >= 0.6 is 27.7 Å². The highest BCUT2D eigenvalue weighted by atomic mass is 79.9. The number of benzene rings is 2. The van der Waals surface area contributed by atoms with Crippen LogP contribution in [-0.2, 0) is 20.9 Å². The summed E-state index contributed by atoms with van der Waals surface area (Å²) in [6.07, 6.45) is 1.57. The van der Waals surface area contributed by atoms with Crippen LogP contribution in [0.1, 0.15) is 16.7 Å². The fourth-order valence-corrected chi connectivity index (χ4v) is 4.28. The van der Waals surface area contributed by atoms with E-state index in [1.54, 1.807) is 18.2 Å². The van der Waals surface area contributed by atoms with E-state index >= 15 is 0 Å². The molecule has 1 heterocycles. The van der Waals surface area contributed by atoms with E-state index in [1.807, 2.05) is 31.2 Å². The van der Waals surface area contributed by atoms with Gasteiger partial charge < -0.3 is 14.2 Å². The summed E-state index contributed by atoms with van der Waals surface area (Å²) < 4.78 is 16.6. The maximum absolute atomic E-state index is 12.5. The molecule has 0 N–H and O–H groups in total. The van der Waals surface area contributed by atoms with E-state index in [0.717, 1.165) is 27.8 Å². The van der Waals surface area contributed by atoms with Crippen molar-refractivity contribution in [3.8, 4) is 11.5 Å². The van der Waals surface area contributed by atoms with Gasteiger partial charge in [-0.05, 0) is 69.5 Å². The van der Waals surface area contributed by atoms with Gasteiger partial charge >= 0.3 is 5.97 Å². The molecule has 0 saturated carbocycles. The molecule has 0 aliphatic carbocycles. The summed E-state index contributed by atoms with van der Waals surface area (Å²) in [4.78, 5) is 37.1. The molecule has 0 bridgehead atoms. The number of hydrogen-bond donors (Lipinski definition) is 0. The summed E-state index contributed by atoms with van der Waals surface area (Å²) in [5.74, 6) is -0.205. The average Bonchev–Trinajstić information content (AvgIpc) is 3.00. The van der Waals surface area contributed by atoms with E-state index in [-0.39, 0.29) is 4.91 Å². The zero-order chi connectivity index (χ0) is 22.5. The van der Waals surface area contributed by atoms with Crippen molar-refractivity contribution >= 4 is 50.9 Å². The maximum Gasteiger partial charge on any atom is 0.325 e. The molecule has 0 unspecified atom stereocenters. The van der Waals surface area contributed by atoms with Crippen molar-refractivity contribution in [1.82, 2.24) is 4.90 Å². The van der Waals surface area contributed by atoms with Gasteiger partial charge in [0.15, 0.2) is 11.5 Å². The number of thioether (sulfide) groups is 1. The molecular weight excluding hydrogens is 486 g/mol. The number of imide groups is 1. The number of methoxy groups -OCH3 is 2. The Morgan fingerprint density at radius 2 is 1.94 bits per heavy atom. The lowest BCUT2D eigenvalue weighted by Crippen LogP contribution is -2.34. The molecule has 2 amide bonds. The molecule has 31 heavy (non-hydrogen) atoms. The SMILES string of the molecule is COC(=O)CN1C(=O)S/C(=C\c2cc(Br)c(OCc3ccccc3C)c(OC)c2)C1=O. The molecule has 1 saturated heterocycles. The van der Waals surface area contributed by atoms with Gasteiger partial charge in [0.2, 0.25) is 0 Å². The Kier molecular flexibility index (Phi) is 7.40. The number of hydrogen-bond acceptors (Lipinski definition) is 7. The first-order valence-electron chi connectivity index (χ1n) is 9.21. The van der Waals surface area contributed by atoms with Crippen LogP contribution in [-0.4, -0.2) is 42.8 Å². The van der Waals surface area contributed by atoms with Crippen molar-refractivity contribution in [3.63, 3.8) is 0 Å². The molecular formula is C22H20BrNO6S. The number of carbonyl (C=O) groups excluding carboxylic acids is 3. The summed E-state index contributed by atoms with van der Waals surface area (Å²) >= 11 is 4.26. The number of rotatable bonds is 7. The van der Waals surface area contributed by atoms with E-state index in [2.05, 4.69) is 20.7 Å². The number of carbonyl (C=O) groups is 3. The second-order valence-corrected chi connectivity index (χ2v) is 8.44. The highest BCUT2D eigenvalue weighted by molar-refractivity contribution is 9.10. The molecule has 1 aliphatic heterocycles. The Morgan fingerprint density at radius 3 is 2.61 bits per heavy atom. The first-order chi connectivity index (χ1) is 14.8. The van der Waals surface area contributed by atoms with Crippen LogP contribution in [0.15, 0.2) is 45.8 Å². The van der Waals surface area contributed by atoms with Gasteiger partial charge in [-0.3, -0.25) is 19.3 Å². The predicted molar refractivity (Wildman–Crippen MR) is 121 cm³/mol. The van der Waals surface area contributed by atoms with E-state index in [9.17, 15) is 14.4 Å². The monoisotopic (exact) mass is 505 g/mol. The van der Waals surface area contributed by atoms with Gasteiger partial charge in [-0.25, -0.2) is 0 Å². The minimum atomic E-state index is -0.664. The Balaban J connectivity index is 1.83. The smallest absolute Gasteiger partial charge is 0.325 e. The molecule has 0 spiro atoms. The number of ether oxygens (including phenoxy) is 3. The quantitative estimate of drug-likeness (QED) is 0.403. The number of nitrogens with zero attached hydrogens (tertiary/aromatic N) is 1. The molecule has 162 valence electrons. The standard InChI is InChI=1S/C22H20BrNO6S/c1-13-6-4-5-7-15(13)12-30-20-16(23)8-14(9-17(20)28-2)10-18-21(26)24(22(27)31-18)11-19(25)29-3/h4-10H,11-12H2,1-3H3/b18-10-. The summed E-state index contributed by atoms with van der Waals surface area (Å²) in [6, 6.07) is 11.4. The second kappa shape index (κ2) is 10.0. The van der Waals surface area contributed by atoms with Crippen LogP contribution in [0.25, 0.3) is 6.08 Å². The van der Waals surface area contributed by atoms with Crippen LogP contribution in [0.5, 0.6) is 11.5 Å². The van der Waals surface area contributed by atoms with Crippen LogP contribution in [0.2, 0.25) is 0 Å². The van der Waals surface area contributed by atoms with Gasteiger partial charge in [0.05, 0.1) is 23.6 Å². The topological polar surface area (TPSA) is 82.1 Å². The normalized spacial score (nSPS) is 14.8. The Morgan fingerprint density at radius 1 is 1.19 bits per heavy atom. The van der Waals surface area contributed by atoms with Crippen molar-refractivity contribution < 1.29 is 28.6 Å². The molecule has 2 aromatic carbocycles. The molecule has 7 nitrogen and oxygen atoms in total. The first-order valence-corrected chi connectivity index (χ1v) is 10.8. The van der Waals surface area contributed by atoms with Gasteiger partial charge in [0, 0.05) is 0 Å². The molecule has 2 aromatic rings. The van der Waals surface area contributed by atoms with Crippen molar-refractivity contribution in [3.05, 3.63) is 62.5 Å². The highest BCUT2D eigenvalue weighted by Crippen LogP contribution is 2.39. The largest absolute Gasteiger partial charge is 0.493 e. The fraction of sp³-hybridized carbons (Fsp3) is 0.227. The van der Waals surface area contributed by atoms with E-state index < -0.39 is 23.7 Å². The van der Waals surface area contributed by atoms with E-state index in [4.69, 9.17) is 9.47 Å². The summed E-state index contributed by atoms with van der Waals surface area (Å²) in [5, 5.41) is -0.522. The Bertz CT molecular complexity index is 1070. The third kappa shape index (κ3) is 5.29. The minimum Gasteiger partial charge on any atom is -0.493 e. The van der Waals surface area contributed by atoms with Crippen LogP contribution < -0.4 is 9.47 Å². The third-order valence-electron chi connectivity index (χ3n) is 4.57. The molecule has 1 fully saturated rings. The molecule has 1 aliphatic rings. The first kappa shape index (κ1) is 22.9. The molecule has 9 heteroatoms. The number of aryl methyl sites for hydroxylation is 1. The number of halogens is 1. The summed E-state index contributed by atoms with van der Waals surface area (Å²) in [6.45, 7) is 1.96. The predicted octanol–water partition coefficient (Wildman–Crippen LogP) is 4.55. The van der Waals surface area contributed by atoms with E-state index in [1.165, 1.54) is 14.2 Å². The molecule has 0 radical (unpaired) electrons. The lowest BCUT2D eigenvalue weighted by atomic mass is 10.1. The van der Waals surface area contributed by atoms with Crippen molar-refractivity contribution in [1.29, 1.82) is 0 Å². The summed E-state index contributed by atoms with van der Waals surface area (Å²) in [7, 11) is 2.72. The maximum atomic E-state index is 12.5. The fourth-order valence-electron chi connectivity index (χ4n) is 2.87. The minimum absolute atomic E-state index is 0.205. The van der Waals surface area contributed by atoms with Gasteiger partial charge in [0.1, 0.15) is 13.2 Å². The van der Waals surface area contributed by atoms with Crippen molar-refractivity contribution in [2.75, 3.05) is 20.8 Å². The number of amides is 2. The zero-order valence-corrected chi connectivity index (χ0v) is 19.5. The van der Waals surface area contributed by atoms with Gasteiger partial charge in [-0.15, -0.1) is 0 Å². The highest BCUT2D eigenvalue weighted by Gasteiger charge is 2.36. The Labute approximate surface area is 192 Å². The number of esters is 1. The molecule has 3 rings (SSSR count). The second-order valence-electron chi connectivity index (χ2n) is 6.59. The van der Waals surface area contributed by atoms with Crippen LogP contribution in [0.3, 0.4) is 0 Å². The van der Waals surface area contributed by atoms with Crippen LogP contribution in [0.4, 0.5) is 4.79 Å². The van der Waals surface area contributed by atoms with Gasteiger partial charge in [0.25, 0.3) is 11.1 Å². The third-order valence-corrected chi connectivity index (χ3v) is 6.07. The lowest BCUT2D eigenvalue weighted by molar-refractivity contribution is -0.143. The molecule has 0 aromatic heterocycles. The van der Waals surface area contributed by atoms with Gasteiger partial charge in [-0.1, -0.05) is 24.3 Å². The van der Waals surface area contributed by atoms with Crippen molar-refractivity contribution in [2.45, 2.75) is 13.5 Å². The average molecular weight is 506 g/mol. The molecule has 0 atom stereocenters. The Hall–Kier alpha value is -2.78. The van der Waals surface area contributed by atoms with Crippen LogP contribution in [0, 0.1) is 6.92 Å². The zero-order valence-electron chi connectivity index (χ0n) is 17.1. The van der Waals surface area contributed by atoms with Crippen molar-refractivity contribution in [2.24, 2.45) is 0 Å². The van der Waals surface area contributed by atoms with E-state index in [0.29, 0.717) is 28.1 Å². The van der Waals surface area contributed by atoms with Gasteiger partial charge in [-0.2, -0.15) is 0 Å². The lowest BCUT2D eigenvalue weighted by Gasteiger charge is -2.14. The summed E-state index contributed by atoms with van der Waals surface area (Å²) in [5.41, 5.74) is 2.81.